The van der Waals surface area contributed by atoms with Crippen LogP contribution >= 0.6 is 0 Å². The number of piperazine rings is 1. The lowest BCUT2D eigenvalue weighted by molar-refractivity contribution is -0.129. The van der Waals surface area contributed by atoms with Gasteiger partial charge in [0.1, 0.15) is 0 Å². The summed E-state index contributed by atoms with van der Waals surface area (Å²) in [5, 5.41) is 3.39. The van der Waals surface area contributed by atoms with E-state index in [-0.39, 0.29) is 5.91 Å². The third kappa shape index (κ3) is 3.64. The molecular formula is C10H21N3O. The Morgan fingerprint density at radius 1 is 1.57 bits per heavy atom. The molecule has 1 fully saturated rings. The van der Waals surface area contributed by atoms with Crippen LogP contribution < -0.4 is 5.32 Å². The highest BCUT2D eigenvalue weighted by molar-refractivity contribution is 5.75. The van der Waals surface area contributed by atoms with Crippen LogP contribution in [-0.2, 0) is 4.79 Å². The summed E-state index contributed by atoms with van der Waals surface area (Å²) in [5.41, 5.74) is 0. The van der Waals surface area contributed by atoms with E-state index in [1.165, 1.54) is 0 Å². The van der Waals surface area contributed by atoms with Gasteiger partial charge in [-0.15, -0.1) is 0 Å². The number of carbonyl (C=O) groups excluding carboxylic acids is 1. The fourth-order valence-electron chi connectivity index (χ4n) is 1.69. The Labute approximate surface area is 86.2 Å². The molecule has 0 saturated carbocycles. The lowest BCUT2D eigenvalue weighted by Crippen LogP contribution is -2.49. The predicted molar refractivity (Wildman–Crippen MR) is 57.2 cm³/mol. The summed E-state index contributed by atoms with van der Waals surface area (Å²) in [6.45, 7) is 6.23. The van der Waals surface area contributed by atoms with E-state index in [0.29, 0.717) is 12.5 Å². The highest BCUT2D eigenvalue weighted by Crippen LogP contribution is 2.00. The van der Waals surface area contributed by atoms with Crippen LogP contribution in [0.4, 0.5) is 0 Å². The van der Waals surface area contributed by atoms with Gasteiger partial charge in [-0.05, 0) is 6.92 Å². The van der Waals surface area contributed by atoms with Gasteiger partial charge in [0, 0.05) is 52.7 Å². The molecule has 1 atom stereocenters. The molecule has 0 aliphatic carbocycles. The molecule has 82 valence electrons. The van der Waals surface area contributed by atoms with E-state index in [2.05, 4.69) is 17.1 Å². The molecule has 14 heavy (non-hydrogen) atoms. The van der Waals surface area contributed by atoms with Gasteiger partial charge >= 0.3 is 0 Å². The van der Waals surface area contributed by atoms with Gasteiger partial charge in [0.15, 0.2) is 0 Å². The largest absolute Gasteiger partial charge is 0.349 e. The lowest BCUT2D eigenvalue weighted by atomic mass is 10.2. The lowest BCUT2D eigenvalue weighted by Gasteiger charge is -2.31. The first-order valence-electron chi connectivity index (χ1n) is 5.25. The van der Waals surface area contributed by atoms with E-state index in [1.54, 1.807) is 4.90 Å². The molecule has 1 aliphatic heterocycles. The van der Waals surface area contributed by atoms with Gasteiger partial charge in [-0.3, -0.25) is 4.79 Å². The van der Waals surface area contributed by atoms with Crippen LogP contribution in [0.3, 0.4) is 0 Å². The van der Waals surface area contributed by atoms with Gasteiger partial charge in [0.05, 0.1) is 0 Å². The first-order chi connectivity index (χ1) is 6.59. The maximum absolute atomic E-state index is 11.4. The molecule has 0 aromatic carbocycles. The summed E-state index contributed by atoms with van der Waals surface area (Å²) in [5.74, 6) is 0.219. The fraction of sp³-hybridized carbons (Fsp3) is 0.900. The minimum absolute atomic E-state index is 0.219. The zero-order valence-corrected chi connectivity index (χ0v) is 9.42. The van der Waals surface area contributed by atoms with Gasteiger partial charge in [0.2, 0.25) is 5.91 Å². The Morgan fingerprint density at radius 3 is 2.86 bits per heavy atom. The monoisotopic (exact) mass is 199 g/mol. The van der Waals surface area contributed by atoms with Crippen LogP contribution in [-0.4, -0.2) is 62.0 Å². The molecule has 4 nitrogen and oxygen atoms in total. The third-order valence-electron chi connectivity index (χ3n) is 2.59. The number of nitrogens with zero attached hydrogens (tertiary/aromatic N) is 2. The van der Waals surface area contributed by atoms with Crippen molar-refractivity contribution in [3.63, 3.8) is 0 Å². The van der Waals surface area contributed by atoms with E-state index in [1.807, 2.05) is 14.1 Å². The van der Waals surface area contributed by atoms with E-state index < -0.39 is 0 Å². The zero-order valence-electron chi connectivity index (χ0n) is 9.42. The molecule has 1 saturated heterocycles. The maximum Gasteiger partial charge on any atom is 0.223 e. The Kier molecular flexibility index (Phi) is 4.35. The molecule has 1 unspecified atom stereocenters. The summed E-state index contributed by atoms with van der Waals surface area (Å²) in [4.78, 5) is 15.4. The van der Waals surface area contributed by atoms with E-state index in [9.17, 15) is 4.79 Å². The van der Waals surface area contributed by atoms with Crippen LogP contribution in [0.15, 0.2) is 0 Å². The molecule has 1 N–H and O–H groups in total. The molecule has 0 aromatic heterocycles. The molecule has 0 radical (unpaired) electrons. The maximum atomic E-state index is 11.4. The normalized spacial score (nSPS) is 23.5. The topological polar surface area (TPSA) is 35.6 Å². The second kappa shape index (κ2) is 5.32. The summed E-state index contributed by atoms with van der Waals surface area (Å²) in [7, 11) is 3.62. The van der Waals surface area contributed by atoms with Crippen molar-refractivity contribution >= 4 is 5.91 Å². The average Bonchev–Trinajstić information content (AvgIpc) is 2.14. The molecule has 1 heterocycles. The number of hydrogen-bond acceptors (Lipinski definition) is 3. The number of carbonyl (C=O) groups is 1. The average molecular weight is 199 g/mol. The van der Waals surface area contributed by atoms with Gasteiger partial charge in [0.25, 0.3) is 0 Å². The fourth-order valence-corrected chi connectivity index (χ4v) is 1.69. The Bertz CT molecular complexity index is 194. The van der Waals surface area contributed by atoms with Crippen LogP contribution in [0, 0.1) is 0 Å². The molecule has 0 bridgehead atoms. The van der Waals surface area contributed by atoms with Crippen LogP contribution in [0.25, 0.3) is 0 Å². The zero-order chi connectivity index (χ0) is 10.6. The summed E-state index contributed by atoms with van der Waals surface area (Å²) in [6, 6.07) is 0.554. The van der Waals surface area contributed by atoms with Crippen LogP contribution in [0.2, 0.25) is 0 Å². The molecule has 1 rings (SSSR count). The van der Waals surface area contributed by atoms with Crippen molar-refractivity contribution in [2.24, 2.45) is 0 Å². The standard InChI is InChI=1S/C10H21N3O/c1-9-8-13(7-5-11-9)6-4-10(14)12(2)3/h9,11H,4-8H2,1-3H3. The van der Waals surface area contributed by atoms with E-state index in [4.69, 9.17) is 0 Å². The third-order valence-corrected chi connectivity index (χ3v) is 2.59. The Hall–Kier alpha value is -0.610. The highest BCUT2D eigenvalue weighted by atomic mass is 16.2. The van der Waals surface area contributed by atoms with E-state index in [0.717, 1.165) is 26.2 Å². The number of amides is 1. The number of hydrogen-bond donors (Lipinski definition) is 1. The van der Waals surface area contributed by atoms with Gasteiger partial charge in [-0.1, -0.05) is 0 Å². The molecule has 1 aliphatic rings. The molecule has 0 spiro atoms. The van der Waals surface area contributed by atoms with E-state index >= 15 is 0 Å². The molecule has 0 aromatic rings. The van der Waals surface area contributed by atoms with Crippen molar-refractivity contribution in [1.82, 2.24) is 15.1 Å². The first-order valence-corrected chi connectivity index (χ1v) is 5.25. The SMILES string of the molecule is CC1CN(CCC(=O)N(C)C)CCN1. The first kappa shape index (κ1) is 11.5. The van der Waals surface area contributed by atoms with Crippen molar-refractivity contribution in [3.05, 3.63) is 0 Å². The summed E-state index contributed by atoms with van der Waals surface area (Å²) < 4.78 is 0. The minimum Gasteiger partial charge on any atom is -0.349 e. The second-order valence-electron chi connectivity index (χ2n) is 4.19. The highest BCUT2D eigenvalue weighted by Gasteiger charge is 2.16. The van der Waals surface area contributed by atoms with Crippen LogP contribution in [0.1, 0.15) is 13.3 Å². The smallest absolute Gasteiger partial charge is 0.223 e. The predicted octanol–water partition coefficient (Wildman–Crippen LogP) is -0.242. The summed E-state index contributed by atoms with van der Waals surface area (Å²) in [6.07, 6.45) is 0.639. The molecular weight excluding hydrogens is 178 g/mol. The molecule has 1 amide bonds. The number of rotatable bonds is 3. The molecule has 4 heteroatoms. The van der Waals surface area contributed by atoms with Crippen molar-refractivity contribution < 1.29 is 4.79 Å². The minimum atomic E-state index is 0.219. The Balaban J connectivity index is 2.20. The van der Waals surface area contributed by atoms with Crippen molar-refractivity contribution in [3.8, 4) is 0 Å². The van der Waals surface area contributed by atoms with Crippen LogP contribution in [0.5, 0.6) is 0 Å². The quantitative estimate of drug-likeness (QED) is 0.681. The van der Waals surface area contributed by atoms with Crippen molar-refractivity contribution in [2.75, 3.05) is 40.3 Å². The van der Waals surface area contributed by atoms with Crippen molar-refractivity contribution in [2.45, 2.75) is 19.4 Å². The van der Waals surface area contributed by atoms with Gasteiger partial charge < -0.3 is 15.1 Å². The van der Waals surface area contributed by atoms with Crippen molar-refractivity contribution in [1.29, 1.82) is 0 Å². The summed E-state index contributed by atoms with van der Waals surface area (Å²) >= 11 is 0. The van der Waals surface area contributed by atoms with Gasteiger partial charge in [-0.25, -0.2) is 0 Å². The van der Waals surface area contributed by atoms with Gasteiger partial charge in [-0.2, -0.15) is 0 Å². The number of nitrogens with one attached hydrogen (secondary N) is 1. The Morgan fingerprint density at radius 2 is 2.29 bits per heavy atom. The second-order valence-corrected chi connectivity index (χ2v) is 4.19.